The summed E-state index contributed by atoms with van der Waals surface area (Å²) in [6.45, 7) is 3.39. The lowest BCUT2D eigenvalue weighted by molar-refractivity contribution is -0.198. The lowest BCUT2D eigenvalue weighted by atomic mass is 10.1. The van der Waals surface area contributed by atoms with Crippen LogP contribution in [-0.4, -0.2) is 50.1 Å². The molecule has 11 nitrogen and oxygen atoms in total. The van der Waals surface area contributed by atoms with Crippen molar-refractivity contribution < 1.29 is 28.2 Å². The van der Waals surface area contributed by atoms with Gasteiger partial charge < -0.3 is 29.5 Å². The van der Waals surface area contributed by atoms with E-state index in [4.69, 9.17) is 29.4 Å². The predicted molar refractivity (Wildman–Crippen MR) is 88.3 cm³/mol. The second-order valence-electron chi connectivity index (χ2n) is 6.60. The topological polar surface area (TPSA) is 151 Å². The number of hydrogen-bond acceptors (Lipinski definition) is 8. The minimum atomic E-state index is -2.76. The number of aromatic nitrogens is 3. The van der Waals surface area contributed by atoms with E-state index in [0.29, 0.717) is 5.52 Å². The number of imidazole rings is 1. The fraction of sp³-hybridized carbons (Fsp3) is 0.571. The minimum absolute atomic E-state index is 0.141. The van der Waals surface area contributed by atoms with Crippen LogP contribution < -0.4 is 11.3 Å². The average molecular weight is 385 g/mol. The quantitative estimate of drug-likeness (QED) is 0.635. The number of nitrogens with zero attached hydrogens (tertiary/aromatic N) is 2. The number of pyridine rings is 1. The van der Waals surface area contributed by atoms with Crippen molar-refractivity contribution in [2.45, 2.75) is 44.2 Å². The number of anilines is 1. The standard InChI is InChI=1S/C14H17N4O7P/c1-14(2)24-10-7(4-22-26(20)21)23-13(11(10)25-14)18-5-16-9-6(18)3-8(15)17-12(9)19/h3,5,7,10-11,13H,4H2,1-2H3,(H3-,15,17,19,20,21)/p+1/t7-,10?,11?,13-/m1/s1. The fourth-order valence-corrected chi connectivity index (χ4v) is 3.69. The van der Waals surface area contributed by atoms with Crippen LogP contribution in [0.4, 0.5) is 5.82 Å². The van der Waals surface area contributed by atoms with Crippen molar-refractivity contribution in [2.75, 3.05) is 12.3 Å². The summed E-state index contributed by atoms with van der Waals surface area (Å²) in [6, 6.07) is 1.58. The first-order valence-corrected chi connectivity index (χ1v) is 9.04. The van der Waals surface area contributed by atoms with Gasteiger partial charge in [0, 0.05) is 10.6 Å². The van der Waals surface area contributed by atoms with E-state index in [2.05, 4.69) is 9.97 Å². The van der Waals surface area contributed by atoms with Crippen LogP contribution in [0, 0.1) is 0 Å². The summed E-state index contributed by atoms with van der Waals surface area (Å²) < 4.78 is 35.1. The number of nitrogen functional groups attached to an aromatic ring is 1. The molecule has 2 fully saturated rings. The third-order valence-electron chi connectivity index (χ3n) is 4.35. The van der Waals surface area contributed by atoms with Gasteiger partial charge in [-0.1, -0.05) is 0 Å². The maximum atomic E-state index is 12.0. The summed E-state index contributed by atoms with van der Waals surface area (Å²) in [7, 11) is -2.76. The molecule has 4 N–H and O–H groups in total. The molecule has 0 saturated carbocycles. The van der Waals surface area contributed by atoms with Crippen molar-refractivity contribution in [3.8, 4) is 0 Å². The summed E-state index contributed by atoms with van der Waals surface area (Å²) in [4.78, 5) is 27.5. The number of aromatic amines is 1. The van der Waals surface area contributed by atoms with Gasteiger partial charge in [0.1, 0.15) is 30.7 Å². The molecule has 0 aromatic carbocycles. The maximum Gasteiger partial charge on any atom is 0.694 e. The molecule has 2 saturated heterocycles. The average Bonchev–Trinajstić information content (AvgIpc) is 3.16. The first-order valence-electron chi connectivity index (χ1n) is 7.91. The van der Waals surface area contributed by atoms with Gasteiger partial charge in [-0.2, -0.15) is 0 Å². The summed E-state index contributed by atoms with van der Waals surface area (Å²) in [5.41, 5.74) is 6.03. The molecule has 2 aliphatic rings. The molecule has 2 aromatic heterocycles. The SMILES string of the molecule is CC1(C)OC2C(O1)[C@@H](CO[P+](=O)O)O[C@H]2n1cnc2c(=O)[nH]c(N)cc21. The van der Waals surface area contributed by atoms with E-state index in [9.17, 15) is 9.36 Å². The third kappa shape index (κ3) is 2.92. The number of H-pyrrole nitrogens is 1. The Balaban J connectivity index is 1.72. The molecule has 3 unspecified atom stereocenters. The highest BCUT2D eigenvalue weighted by molar-refractivity contribution is 7.32. The van der Waals surface area contributed by atoms with Crippen molar-refractivity contribution in [2.24, 2.45) is 0 Å². The Hall–Kier alpha value is -1.88. The molecule has 12 heteroatoms. The lowest BCUT2D eigenvalue weighted by Gasteiger charge is -2.24. The molecule has 140 valence electrons. The van der Waals surface area contributed by atoms with Crippen LogP contribution in [0.2, 0.25) is 0 Å². The van der Waals surface area contributed by atoms with Crippen LogP contribution in [0.25, 0.3) is 11.0 Å². The number of ether oxygens (including phenoxy) is 3. The number of nitrogens with one attached hydrogen (secondary N) is 1. The minimum Gasteiger partial charge on any atom is -0.385 e. The van der Waals surface area contributed by atoms with Crippen LogP contribution in [-0.2, 0) is 23.3 Å². The zero-order valence-corrected chi connectivity index (χ0v) is 14.9. The Kier molecular flexibility index (Phi) is 4.10. The highest BCUT2D eigenvalue weighted by atomic mass is 31.1. The van der Waals surface area contributed by atoms with E-state index in [1.807, 2.05) is 0 Å². The van der Waals surface area contributed by atoms with Gasteiger partial charge in [-0.3, -0.25) is 4.79 Å². The van der Waals surface area contributed by atoms with Gasteiger partial charge in [-0.05, 0) is 13.8 Å². The molecule has 0 bridgehead atoms. The lowest BCUT2D eigenvalue weighted by Crippen LogP contribution is -2.32. The van der Waals surface area contributed by atoms with E-state index in [1.54, 1.807) is 24.5 Å². The maximum absolute atomic E-state index is 12.0. The molecule has 0 amide bonds. The highest BCUT2D eigenvalue weighted by Gasteiger charge is 2.56. The number of nitrogens with two attached hydrogens (primary N) is 1. The highest BCUT2D eigenvalue weighted by Crippen LogP contribution is 2.44. The van der Waals surface area contributed by atoms with Gasteiger partial charge in [-0.15, -0.1) is 9.42 Å². The smallest absolute Gasteiger partial charge is 0.385 e. The molecular weight excluding hydrogens is 367 g/mol. The second-order valence-corrected chi connectivity index (χ2v) is 7.34. The molecule has 2 aliphatic heterocycles. The molecule has 2 aromatic rings. The molecule has 0 aliphatic carbocycles. The predicted octanol–water partition coefficient (Wildman–Crippen LogP) is 0.391. The van der Waals surface area contributed by atoms with E-state index < -0.39 is 44.1 Å². The van der Waals surface area contributed by atoms with Gasteiger partial charge in [0.15, 0.2) is 17.5 Å². The molecule has 26 heavy (non-hydrogen) atoms. The van der Waals surface area contributed by atoms with Crippen molar-refractivity contribution >= 4 is 25.1 Å². The van der Waals surface area contributed by atoms with Crippen molar-refractivity contribution in [1.29, 1.82) is 0 Å². The van der Waals surface area contributed by atoms with Crippen molar-refractivity contribution in [3.05, 3.63) is 22.7 Å². The van der Waals surface area contributed by atoms with Gasteiger partial charge >= 0.3 is 8.25 Å². The number of fused-ring (bicyclic) bond motifs is 2. The van der Waals surface area contributed by atoms with Crippen LogP contribution >= 0.6 is 8.25 Å². The largest absolute Gasteiger partial charge is 0.694 e. The monoisotopic (exact) mass is 385 g/mol. The first-order chi connectivity index (χ1) is 12.2. The fourth-order valence-electron chi connectivity index (χ4n) is 3.42. The Labute approximate surface area is 148 Å². The van der Waals surface area contributed by atoms with Gasteiger partial charge in [-0.25, -0.2) is 4.98 Å². The zero-order chi connectivity index (χ0) is 18.6. The Morgan fingerprint density at radius 3 is 2.92 bits per heavy atom. The van der Waals surface area contributed by atoms with Crippen molar-refractivity contribution in [1.82, 2.24) is 14.5 Å². The summed E-state index contributed by atoms with van der Waals surface area (Å²) in [5.74, 6) is -0.663. The Morgan fingerprint density at radius 2 is 2.19 bits per heavy atom. The van der Waals surface area contributed by atoms with Crippen LogP contribution in [0.3, 0.4) is 0 Å². The summed E-state index contributed by atoms with van der Waals surface area (Å²) in [5, 5.41) is 0. The number of rotatable bonds is 4. The molecule has 0 spiro atoms. The number of hydrogen-bond donors (Lipinski definition) is 3. The molecule has 4 heterocycles. The second kappa shape index (κ2) is 6.08. The van der Waals surface area contributed by atoms with E-state index in [0.717, 1.165) is 0 Å². The normalized spacial score (nSPS) is 30.7. The Morgan fingerprint density at radius 1 is 1.46 bits per heavy atom. The molecule has 5 atom stereocenters. The third-order valence-corrected chi connectivity index (χ3v) is 4.72. The zero-order valence-electron chi connectivity index (χ0n) is 14.0. The van der Waals surface area contributed by atoms with Crippen LogP contribution in [0.15, 0.2) is 17.2 Å². The van der Waals surface area contributed by atoms with Gasteiger partial charge in [0.2, 0.25) is 0 Å². The van der Waals surface area contributed by atoms with Crippen molar-refractivity contribution in [3.63, 3.8) is 0 Å². The molecule has 4 rings (SSSR count). The van der Waals surface area contributed by atoms with E-state index >= 15 is 0 Å². The Bertz CT molecular complexity index is 926. The van der Waals surface area contributed by atoms with E-state index in [1.165, 1.54) is 6.33 Å². The van der Waals surface area contributed by atoms with E-state index in [-0.39, 0.29) is 17.9 Å². The first kappa shape index (κ1) is 17.5. The molecular formula is C14H18N4O7P+. The molecule has 0 radical (unpaired) electrons. The van der Waals surface area contributed by atoms with Crippen LogP contribution in [0.1, 0.15) is 20.1 Å². The van der Waals surface area contributed by atoms with Crippen LogP contribution in [0.5, 0.6) is 0 Å². The van der Waals surface area contributed by atoms with Gasteiger partial charge in [0.05, 0.1) is 11.8 Å². The summed E-state index contributed by atoms with van der Waals surface area (Å²) in [6.07, 6.45) is -0.867. The van der Waals surface area contributed by atoms with Gasteiger partial charge in [0.25, 0.3) is 5.56 Å². The summed E-state index contributed by atoms with van der Waals surface area (Å²) >= 11 is 0.